The Morgan fingerprint density at radius 1 is 0.963 bits per heavy atom. The summed E-state index contributed by atoms with van der Waals surface area (Å²) in [5.41, 5.74) is 1.57. The maximum atomic E-state index is 14.2. The number of hydrogen-bond donors (Lipinski definition) is 3. The van der Waals surface area contributed by atoms with Gasteiger partial charge in [-0.3, -0.25) is 19.2 Å². The van der Waals surface area contributed by atoms with E-state index in [2.05, 4.69) is 20.7 Å². The predicted molar refractivity (Wildman–Crippen MR) is 203 cm³/mol. The van der Waals surface area contributed by atoms with Gasteiger partial charge in [0, 0.05) is 35.1 Å². The van der Waals surface area contributed by atoms with Crippen molar-refractivity contribution in [3.63, 3.8) is 0 Å². The van der Waals surface area contributed by atoms with Crippen molar-refractivity contribution in [3.05, 3.63) is 66.2 Å². The minimum absolute atomic E-state index is 0.0807. The number of ether oxygens (including phenoxy) is 4. The summed E-state index contributed by atoms with van der Waals surface area (Å²) in [6.07, 6.45) is 2.30. The van der Waals surface area contributed by atoms with Gasteiger partial charge in [0.15, 0.2) is 0 Å². The van der Waals surface area contributed by atoms with E-state index in [1.807, 2.05) is 54.6 Å². The number of allylic oxidation sites excluding steroid dienone is 1. The van der Waals surface area contributed by atoms with Crippen LogP contribution in [0.25, 0.3) is 22.2 Å². The first kappa shape index (κ1) is 41.3. The van der Waals surface area contributed by atoms with Crippen molar-refractivity contribution in [2.45, 2.75) is 91.0 Å². The molecule has 13 nitrogen and oxygen atoms in total. The Morgan fingerprint density at radius 2 is 1.69 bits per heavy atom. The van der Waals surface area contributed by atoms with Gasteiger partial charge in [-0.15, -0.1) is 0 Å². The monoisotopic (exact) mass is 744 g/mol. The molecule has 4 atom stereocenters. The van der Waals surface area contributed by atoms with Gasteiger partial charge in [-0.25, -0.2) is 9.78 Å². The Bertz CT molecular complexity index is 1850. The normalized spacial score (nSPS) is 16.9. The van der Waals surface area contributed by atoms with Crippen LogP contribution >= 0.6 is 0 Å². The van der Waals surface area contributed by atoms with Crippen LogP contribution in [-0.4, -0.2) is 79.2 Å². The van der Waals surface area contributed by atoms with Gasteiger partial charge in [-0.05, 0) is 58.1 Å². The molecule has 3 unspecified atom stereocenters. The number of nitrogens with zero attached hydrogens (tertiary/aromatic N) is 1. The van der Waals surface area contributed by atoms with Gasteiger partial charge in [0.2, 0.25) is 17.7 Å². The molecule has 1 heterocycles. The van der Waals surface area contributed by atoms with Crippen molar-refractivity contribution in [1.29, 1.82) is 0 Å². The van der Waals surface area contributed by atoms with Crippen molar-refractivity contribution in [2.24, 2.45) is 11.8 Å². The molecule has 0 saturated heterocycles. The van der Waals surface area contributed by atoms with E-state index >= 15 is 0 Å². The first-order chi connectivity index (χ1) is 25.6. The van der Waals surface area contributed by atoms with E-state index in [4.69, 9.17) is 19.2 Å². The third-order valence-corrected chi connectivity index (χ3v) is 8.93. The molecule has 54 heavy (non-hydrogen) atoms. The summed E-state index contributed by atoms with van der Waals surface area (Å²) in [5, 5.41) is 8.84. The molecule has 0 radical (unpaired) electrons. The topological polar surface area (TPSA) is 171 Å². The van der Waals surface area contributed by atoms with Gasteiger partial charge >= 0.3 is 11.9 Å². The van der Waals surface area contributed by atoms with E-state index in [1.165, 1.54) is 7.11 Å². The molecule has 0 bridgehead atoms. The molecule has 3 aromatic rings. The second-order valence-corrected chi connectivity index (χ2v) is 14.5. The Morgan fingerprint density at radius 3 is 2.31 bits per heavy atom. The number of fused-ring (bicyclic) bond motifs is 1. The first-order valence-corrected chi connectivity index (χ1v) is 18.2. The summed E-state index contributed by atoms with van der Waals surface area (Å²) in [7, 11) is 2.79. The van der Waals surface area contributed by atoms with Crippen LogP contribution in [0.4, 0.5) is 0 Å². The maximum absolute atomic E-state index is 14.2. The number of pyridine rings is 1. The summed E-state index contributed by atoms with van der Waals surface area (Å²) in [4.78, 5) is 71.1. The van der Waals surface area contributed by atoms with Gasteiger partial charge < -0.3 is 34.9 Å². The van der Waals surface area contributed by atoms with Crippen molar-refractivity contribution in [2.75, 3.05) is 20.8 Å². The van der Waals surface area contributed by atoms with Gasteiger partial charge in [0.05, 0.1) is 31.3 Å². The van der Waals surface area contributed by atoms with Crippen LogP contribution in [0.3, 0.4) is 0 Å². The van der Waals surface area contributed by atoms with Crippen LogP contribution in [0.2, 0.25) is 0 Å². The van der Waals surface area contributed by atoms with Crippen molar-refractivity contribution >= 4 is 40.6 Å². The number of nitrogens with one attached hydrogen (secondary N) is 3. The SMILES string of the molecule is CC[C@H](NC(=O)C1CC(Oc2cc(-c3ccccc3)nc3cc(OC)ccc23)CCC=C1C(=O)NC(C(=O)NCC(=O)OC)C(C)C)C(=O)OC(C)(C)C. The number of methoxy groups -OCH3 is 2. The lowest BCUT2D eigenvalue weighted by atomic mass is 9.91. The molecule has 2 aromatic carbocycles. The summed E-state index contributed by atoms with van der Waals surface area (Å²) < 4.78 is 22.4. The third kappa shape index (κ3) is 11.0. The molecule has 0 aliphatic heterocycles. The zero-order chi connectivity index (χ0) is 39.6. The van der Waals surface area contributed by atoms with E-state index < -0.39 is 59.4 Å². The summed E-state index contributed by atoms with van der Waals surface area (Å²) >= 11 is 0. The van der Waals surface area contributed by atoms with E-state index in [1.54, 1.807) is 54.7 Å². The minimum atomic E-state index is -1.07. The zero-order valence-corrected chi connectivity index (χ0v) is 32.3. The second-order valence-electron chi connectivity index (χ2n) is 14.5. The number of rotatable bonds is 14. The van der Waals surface area contributed by atoms with E-state index in [0.717, 1.165) is 10.9 Å². The predicted octanol–water partition coefficient (Wildman–Crippen LogP) is 5.05. The number of carbonyl (C=O) groups is 5. The van der Waals surface area contributed by atoms with Crippen LogP contribution in [0, 0.1) is 11.8 Å². The lowest BCUT2D eigenvalue weighted by molar-refractivity contribution is -0.159. The smallest absolute Gasteiger partial charge is 0.329 e. The lowest BCUT2D eigenvalue weighted by Gasteiger charge is -2.28. The molecule has 3 N–H and O–H groups in total. The van der Waals surface area contributed by atoms with Gasteiger partial charge in [-0.2, -0.15) is 0 Å². The number of amides is 3. The number of hydrogen-bond acceptors (Lipinski definition) is 10. The van der Waals surface area contributed by atoms with E-state index in [9.17, 15) is 24.0 Å². The Kier molecular flexibility index (Phi) is 14.2. The zero-order valence-electron chi connectivity index (χ0n) is 32.3. The highest BCUT2D eigenvalue weighted by Gasteiger charge is 2.37. The van der Waals surface area contributed by atoms with Crippen LogP contribution in [0.15, 0.2) is 66.2 Å². The fourth-order valence-electron chi connectivity index (χ4n) is 6.09. The Balaban J connectivity index is 1.69. The molecule has 3 amide bonds. The molecule has 1 aromatic heterocycles. The fourth-order valence-corrected chi connectivity index (χ4v) is 6.09. The average molecular weight is 745 g/mol. The molecule has 290 valence electrons. The number of carbonyl (C=O) groups excluding carboxylic acids is 5. The minimum Gasteiger partial charge on any atom is -0.497 e. The van der Waals surface area contributed by atoms with Crippen LogP contribution < -0.4 is 25.4 Å². The number of benzene rings is 2. The van der Waals surface area contributed by atoms with Crippen LogP contribution in [-0.2, 0) is 33.4 Å². The van der Waals surface area contributed by atoms with Crippen molar-refractivity contribution in [3.8, 4) is 22.8 Å². The van der Waals surface area contributed by atoms with Crippen LogP contribution in [0.1, 0.15) is 67.2 Å². The fraction of sp³-hybridized carbons (Fsp3) is 0.463. The van der Waals surface area contributed by atoms with Crippen LogP contribution in [0.5, 0.6) is 11.5 Å². The third-order valence-electron chi connectivity index (χ3n) is 8.93. The second kappa shape index (κ2) is 18.5. The van der Waals surface area contributed by atoms with E-state index in [-0.39, 0.29) is 30.9 Å². The molecule has 0 fully saturated rings. The molecule has 4 rings (SSSR count). The highest BCUT2D eigenvalue weighted by molar-refractivity contribution is 6.03. The molecular weight excluding hydrogens is 692 g/mol. The summed E-state index contributed by atoms with van der Waals surface area (Å²) in [5.74, 6) is -3.25. The molecular formula is C41H52N4O9. The summed E-state index contributed by atoms with van der Waals surface area (Å²) in [6.45, 7) is 10.1. The lowest BCUT2D eigenvalue weighted by Crippen LogP contribution is -2.52. The molecule has 1 aliphatic rings. The number of aromatic nitrogens is 1. The first-order valence-electron chi connectivity index (χ1n) is 18.2. The summed E-state index contributed by atoms with van der Waals surface area (Å²) in [6, 6.07) is 15.1. The van der Waals surface area contributed by atoms with Gasteiger partial charge in [0.1, 0.15) is 41.8 Å². The maximum Gasteiger partial charge on any atom is 0.329 e. The number of esters is 2. The average Bonchev–Trinajstić information content (AvgIpc) is 3.36. The van der Waals surface area contributed by atoms with Gasteiger partial charge in [-0.1, -0.05) is 57.2 Å². The molecule has 1 aliphatic carbocycles. The highest BCUT2D eigenvalue weighted by Crippen LogP contribution is 2.35. The molecule has 0 spiro atoms. The molecule has 13 heteroatoms. The van der Waals surface area contributed by atoms with Crippen molar-refractivity contribution in [1.82, 2.24) is 20.9 Å². The largest absolute Gasteiger partial charge is 0.497 e. The Hall–Kier alpha value is -5.46. The van der Waals surface area contributed by atoms with E-state index in [0.29, 0.717) is 35.6 Å². The standard InChI is InChI=1S/C41H52N4O9/c1-9-31(40(50)54-41(4,5)6)44-38(48)30-20-27(16-13-17-28(30)37(47)45-36(24(2)3)39(49)42-23-35(46)52-8)53-34-22-32(25-14-11-10-12-15-25)43-33-21-26(51-7)18-19-29(33)34/h10-12,14-15,17-19,21-22,24,27,30-31,36H,9,13,16,20,23H2,1-8H3,(H,42,49)(H,44,48)(H,45,47)/t27?,30?,31-,36?/m0/s1. The Labute approximate surface area is 316 Å². The van der Waals surface area contributed by atoms with Crippen molar-refractivity contribution < 1.29 is 42.9 Å². The molecule has 0 saturated carbocycles. The highest BCUT2D eigenvalue weighted by atomic mass is 16.6. The quantitative estimate of drug-likeness (QED) is 0.190. The van der Waals surface area contributed by atoms with Gasteiger partial charge in [0.25, 0.3) is 0 Å².